The molecule has 3 aliphatic rings. The zero-order valence-corrected chi connectivity index (χ0v) is 18.2. The summed E-state index contributed by atoms with van der Waals surface area (Å²) in [5.74, 6) is -1.28. The lowest BCUT2D eigenvalue weighted by molar-refractivity contribution is -0.122. The fourth-order valence-corrected chi connectivity index (χ4v) is 4.72. The average Bonchev–Trinajstić information content (AvgIpc) is 2.73. The van der Waals surface area contributed by atoms with Crippen LogP contribution >= 0.6 is 0 Å². The summed E-state index contributed by atoms with van der Waals surface area (Å²) in [6, 6.07) is 5.86. The number of para-hydroxylation sites is 1. The third-order valence-electron chi connectivity index (χ3n) is 6.65. The molecule has 2 fully saturated rings. The molecule has 2 aliphatic heterocycles. The Morgan fingerprint density at radius 3 is 2.44 bits per heavy atom. The largest absolute Gasteiger partial charge is 0.547 e. The number of aromatic carboxylic acids is 1. The Morgan fingerprint density at radius 1 is 1.06 bits per heavy atom. The Labute approximate surface area is 188 Å². The van der Waals surface area contributed by atoms with E-state index in [1.54, 1.807) is 12.1 Å². The van der Waals surface area contributed by atoms with Gasteiger partial charge in [-0.3, -0.25) is 4.79 Å². The van der Waals surface area contributed by atoms with Crippen molar-refractivity contribution < 1.29 is 29.1 Å². The number of amides is 1. The number of carboxylic acids is 1. The lowest BCUT2D eigenvalue weighted by Gasteiger charge is -2.31. The number of hydrogen-bond donors (Lipinski definition) is 5. The predicted octanol–water partition coefficient (Wildman–Crippen LogP) is 0.351. The lowest BCUT2D eigenvalue weighted by atomic mass is 9.72. The van der Waals surface area contributed by atoms with Crippen LogP contribution in [0, 0.1) is 5.92 Å². The number of rotatable bonds is 9. The fourth-order valence-electron chi connectivity index (χ4n) is 4.72. The molecule has 0 aromatic heterocycles. The molecule has 1 atom stereocenters. The summed E-state index contributed by atoms with van der Waals surface area (Å²) < 4.78 is 10.6. The average molecular weight is 445 g/mol. The number of ether oxygens (including phenoxy) is 1. The Balaban J connectivity index is 1.17. The molecule has 0 radical (unpaired) electrons. The van der Waals surface area contributed by atoms with Gasteiger partial charge < -0.3 is 35.5 Å². The summed E-state index contributed by atoms with van der Waals surface area (Å²) in [7, 11) is -1.27. The maximum atomic E-state index is 12.6. The zero-order chi connectivity index (χ0) is 22.5. The SMILES string of the molecule is O=C(C[C@H]1CC[C@H](NCCNC2COC2)CC1)N[C@H]1Cc2cccc(C(=O)O)c2OB1O. The Hall–Kier alpha value is -2.14. The number of carboxylic acid groups (broad SMARTS) is 1. The van der Waals surface area contributed by atoms with E-state index in [1.807, 2.05) is 0 Å². The molecule has 32 heavy (non-hydrogen) atoms. The summed E-state index contributed by atoms with van der Waals surface area (Å²) in [6.07, 6.45) is 4.89. The molecule has 1 aromatic rings. The third-order valence-corrected chi connectivity index (χ3v) is 6.65. The van der Waals surface area contributed by atoms with E-state index in [4.69, 9.17) is 9.39 Å². The van der Waals surface area contributed by atoms with Gasteiger partial charge in [0.25, 0.3) is 0 Å². The first-order chi connectivity index (χ1) is 15.5. The number of benzene rings is 1. The summed E-state index contributed by atoms with van der Waals surface area (Å²) in [6.45, 7) is 3.51. The number of hydrogen-bond acceptors (Lipinski definition) is 7. The second-order valence-corrected chi connectivity index (χ2v) is 9.05. The van der Waals surface area contributed by atoms with Crippen molar-refractivity contribution in [3.8, 4) is 5.75 Å². The summed E-state index contributed by atoms with van der Waals surface area (Å²) in [5.41, 5.74) is 0.691. The molecule has 5 N–H and O–H groups in total. The van der Waals surface area contributed by atoms with Crippen molar-refractivity contribution in [1.82, 2.24) is 16.0 Å². The highest BCUT2D eigenvalue weighted by molar-refractivity contribution is 6.47. The van der Waals surface area contributed by atoms with E-state index in [1.165, 1.54) is 6.07 Å². The predicted molar refractivity (Wildman–Crippen MR) is 119 cm³/mol. The van der Waals surface area contributed by atoms with Crippen molar-refractivity contribution in [3.05, 3.63) is 29.3 Å². The highest BCUT2D eigenvalue weighted by Crippen LogP contribution is 2.31. The van der Waals surface area contributed by atoms with Gasteiger partial charge in [0.2, 0.25) is 5.91 Å². The standard InChI is InChI=1S/C22H32BN3O6/c27-20(10-14-4-6-16(7-5-14)24-8-9-25-17-12-31-13-17)26-19-11-15-2-1-3-18(22(28)29)21(15)32-23(19)30/h1-3,14,16-17,19,24-25,30H,4-13H2,(H,26,27)(H,28,29)/t14-,16-,19-/m0/s1. The molecule has 1 amide bonds. The van der Waals surface area contributed by atoms with Gasteiger partial charge in [0.15, 0.2) is 0 Å². The molecule has 0 spiro atoms. The van der Waals surface area contributed by atoms with Crippen molar-refractivity contribution in [2.24, 2.45) is 5.92 Å². The van der Waals surface area contributed by atoms with E-state index in [9.17, 15) is 19.7 Å². The van der Waals surface area contributed by atoms with E-state index in [0.29, 0.717) is 36.4 Å². The molecular formula is C22H32BN3O6. The van der Waals surface area contributed by atoms with Crippen LogP contribution in [0.1, 0.15) is 48.0 Å². The van der Waals surface area contributed by atoms with E-state index in [0.717, 1.165) is 52.0 Å². The Bertz CT molecular complexity index is 813. The first kappa shape index (κ1) is 23.0. The van der Waals surface area contributed by atoms with Crippen LogP contribution in [0.25, 0.3) is 0 Å². The van der Waals surface area contributed by atoms with Gasteiger partial charge >= 0.3 is 13.1 Å². The second kappa shape index (κ2) is 10.7. The fraction of sp³-hybridized carbons (Fsp3) is 0.636. The zero-order valence-electron chi connectivity index (χ0n) is 18.2. The van der Waals surface area contributed by atoms with Crippen LogP contribution in [-0.4, -0.2) is 73.5 Å². The molecule has 1 aromatic carbocycles. The normalized spacial score (nSPS) is 25.4. The quantitative estimate of drug-likeness (QED) is 0.272. The number of nitrogens with one attached hydrogen (secondary N) is 3. The lowest BCUT2D eigenvalue weighted by Crippen LogP contribution is -2.53. The van der Waals surface area contributed by atoms with Gasteiger partial charge in [0.1, 0.15) is 5.75 Å². The summed E-state index contributed by atoms with van der Waals surface area (Å²) in [5, 5.41) is 29.5. The van der Waals surface area contributed by atoms with E-state index < -0.39 is 19.0 Å². The first-order valence-corrected chi connectivity index (χ1v) is 11.5. The van der Waals surface area contributed by atoms with Gasteiger partial charge in [-0.05, 0) is 49.7 Å². The third kappa shape index (κ3) is 5.80. The molecule has 10 heteroatoms. The highest BCUT2D eigenvalue weighted by Gasteiger charge is 2.38. The summed E-state index contributed by atoms with van der Waals surface area (Å²) >= 11 is 0. The molecule has 1 saturated carbocycles. The Morgan fingerprint density at radius 2 is 1.78 bits per heavy atom. The van der Waals surface area contributed by atoms with Crippen molar-refractivity contribution in [2.45, 2.75) is 56.5 Å². The number of carbonyl (C=O) groups excluding carboxylic acids is 1. The van der Waals surface area contributed by atoms with Crippen molar-refractivity contribution in [1.29, 1.82) is 0 Å². The summed E-state index contributed by atoms with van der Waals surface area (Å²) in [4.78, 5) is 24.0. The molecule has 2 heterocycles. The van der Waals surface area contributed by atoms with Gasteiger partial charge in [0.05, 0.1) is 30.8 Å². The van der Waals surface area contributed by atoms with Crippen LogP contribution in [0.3, 0.4) is 0 Å². The van der Waals surface area contributed by atoms with E-state index in [-0.39, 0.29) is 17.2 Å². The van der Waals surface area contributed by atoms with E-state index in [2.05, 4.69) is 16.0 Å². The van der Waals surface area contributed by atoms with Crippen molar-refractivity contribution >= 4 is 19.0 Å². The van der Waals surface area contributed by atoms with Crippen LogP contribution in [0.2, 0.25) is 0 Å². The molecule has 174 valence electrons. The Kier molecular flexibility index (Phi) is 7.67. The maximum Gasteiger partial charge on any atom is 0.547 e. The molecule has 0 bridgehead atoms. The van der Waals surface area contributed by atoms with Gasteiger partial charge in [-0.1, -0.05) is 12.1 Å². The van der Waals surface area contributed by atoms with Gasteiger partial charge in [-0.2, -0.15) is 0 Å². The molecule has 9 nitrogen and oxygen atoms in total. The van der Waals surface area contributed by atoms with Gasteiger partial charge in [-0.15, -0.1) is 0 Å². The van der Waals surface area contributed by atoms with Crippen LogP contribution in [-0.2, 0) is 16.0 Å². The number of carbonyl (C=O) groups is 2. The molecular weight excluding hydrogens is 413 g/mol. The van der Waals surface area contributed by atoms with E-state index >= 15 is 0 Å². The molecule has 1 saturated heterocycles. The second-order valence-electron chi connectivity index (χ2n) is 9.05. The van der Waals surface area contributed by atoms with Gasteiger partial charge in [0, 0.05) is 25.6 Å². The van der Waals surface area contributed by atoms with Gasteiger partial charge in [-0.25, -0.2) is 4.79 Å². The van der Waals surface area contributed by atoms with Crippen molar-refractivity contribution in [3.63, 3.8) is 0 Å². The first-order valence-electron chi connectivity index (χ1n) is 11.5. The van der Waals surface area contributed by atoms with Crippen LogP contribution in [0.15, 0.2) is 18.2 Å². The van der Waals surface area contributed by atoms with Crippen LogP contribution in [0.5, 0.6) is 5.75 Å². The minimum absolute atomic E-state index is 0.0181. The molecule has 0 unspecified atom stereocenters. The maximum absolute atomic E-state index is 12.6. The monoisotopic (exact) mass is 445 g/mol. The minimum atomic E-state index is -1.27. The van der Waals surface area contributed by atoms with Crippen molar-refractivity contribution in [2.75, 3.05) is 26.3 Å². The van der Waals surface area contributed by atoms with Crippen LogP contribution in [0.4, 0.5) is 0 Å². The molecule has 4 rings (SSSR count). The molecule has 1 aliphatic carbocycles. The smallest absolute Gasteiger partial charge is 0.534 e. The topological polar surface area (TPSA) is 129 Å². The van der Waals surface area contributed by atoms with Crippen LogP contribution < -0.4 is 20.6 Å². The minimum Gasteiger partial charge on any atom is -0.534 e. The number of fused-ring (bicyclic) bond motifs is 1. The highest BCUT2D eigenvalue weighted by atomic mass is 16.5.